The first kappa shape index (κ1) is 20.4. The van der Waals surface area contributed by atoms with Gasteiger partial charge < -0.3 is 9.64 Å². The van der Waals surface area contributed by atoms with Crippen LogP contribution in [0.3, 0.4) is 0 Å². The lowest BCUT2D eigenvalue weighted by Crippen LogP contribution is -2.38. The van der Waals surface area contributed by atoms with Gasteiger partial charge in [0, 0.05) is 18.1 Å². The molecule has 3 aromatic rings. The Morgan fingerprint density at radius 2 is 2.10 bits per heavy atom. The molecule has 0 bridgehead atoms. The van der Waals surface area contributed by atoms with Gasteiger partial charge in [0.1, 0.15) is 26.1 Å². The van der Waals surface area contributed by atoms with E-state index in [2.05, 4.69) is 4.98 Å². The molecule has 3 heterocycles. The zero-order chi connectivity index (χ0) is 21.4. The van der Waals surface area contributed by atoms with Gasteiger partial charge in [-0.25, -0.2) is 9.18 Å². The molecular formula is C21H18FN3O3S2. The Bertz CT molecular complexity index is 1300. The highest BCUT2D eigenvalue weighted by Crippen LogP contribution is 2.45. The Hall–Kier alpha value is -2.91. The monoisotopic (exact) mass is 443 g/mol. The molecule has 1 aromatic carbocycles. The van der Waals surface area contributed by atoms with Crippen molar-refractivity contribution in [2.45, 2.75) is 17.9 Å². The number of aromatic nitrogens is 2. The number of methoxy groups -OCH3 is 1. The zero-order valence-corrected chi connectivity index (χ0v) is 18.1. The van der Waals surface area contributed by atoms with E-state index in [9.17, 15) is 14.0 Å². The van der Waals surface area contributed by atoms with Crippen LogP contribution >= 0.6 is 23.1 Å². The number of hydrogen-bond acceptors (Lipinski definition) is 7. The van der Waals surface area contributed by atoms with Gasteiger partial charge in [0.05, 0.1) is 18.5 Å². The van der Waals surface area contributed by atoms with E-state index in [1.807, 2.05) is 24.1 Å². The van der Waals surface area contributed by atoms with E-state index >= 15 is 0 Å². The molecule has 0 amide bonds. The van der Waals surface area contributed by atoms with Crippen molar-refractivity contribution >= 4 is 45.9 Å². The first-order valence-corrected chi connectivity index (χ1v) is 10.7. The smallest absolute Gasteiger partial charge is 0.328 e. The number of anilines is 1. The van der Waals surface area contributed by atoms with Crippen molar-refractivity contribution in [2.75, 3.05) is 19.1 Å². The van der Waals surface area contributed by atoms with Gasteiger partial charge in [-0.2, -0.15) is 0 Å². The van der Waals surface area contributed by atoms with E-state index in [0.717, 1.165) is 10.6 Å². The molecule has 0 fully saturated rings. The summed E-state index contributed by atoms with van der Waals surface area (Å²) >= 11 is 2.60. The minimum Gasteiger partial charge on any atom is -0.467 e. The van der Waals surface area contributed by atoms with Gasteiger partial charge in [0.15, 0.2) is 0 Å². The SMILES string of the molecule is COC(=O)[C@@H](C)n1c(=O)/c(=C2\Sc3cc(F)ccc3N2C)s/c1=C\c1ccccn1. The summed E-state index contributed by atoms with van der Waals surface area (Å²) in [5, 5.41) is 0.692. The lowest BCUT2D eigenvalue weighted by Gasteiger charge is -2.12. The second-order valence-corrected chi connectivity index (χ2v) is 8.68. The maximum Gasteiger partial charge on any atom is 0.328 e. The summed E-state index contributed by atoms with van der Waals surface area (Å²) < 4.78 is 21.0. The molecule has 0 aliphatic carbocycles. The number of halogens is 1. The molecule has 9 heteroatoms. The summed E-state index contributed by atoms with van der Waals surface area (Å²) in [6.45, 7) is 1.62. The molecule has 30 heavy (non-hydrogen) atoms. The van der Waals surface area contributed by atoms with Crippen LogP contribution in [0.2, 0.25) is 0 Å². The number of rotatable bonds is 3. The van der Waals surface area contributed by atoms with Gasteiger partial charge >= 0.3 is 5.97 Å². The minimum absolute atomic E-state index is 0.303. The van der Waals surface area contributed by atoms with E-state index < -0.39 is 12.0 Å². The minimum atomic E-state index is -0.806. The Kier molecular flexibility index (Phi) is 5.48. The van der Waals surface area contributed by atoms with Crippen molar-refractivity contribution in [1.29, 1.82) is 0 Å². The number of benzene rings is 1. The lowest BCUT2D eigenvalue weighted by molar-refractivity contribution is -0.144. The van der Waals surface area contributed by atoms with Gasteiger partial charge in [-0.15, -0.1) is 11.3 Å². The predicted octanol–water partition coefficient (Wildman–Crippen LogP) is 2.31. The second-order valence-electron chi connectivity index (χ2n) is 6.62. The maximum atomic E-state index is 13.7. The Labute approximate surface area is 179 Å². The number of carbonyl (C=O) groups is 1. The maximum absolute atomic E-state index is 13.7. The molecule has 4 rings (SSSR count). The number of thioether (sulfide) groups is 1. The van der Waals surface area contributed by atoms with E-state index in [0.29, 0.717) is 19.9 Å². The first-order chi connectivity index (χ1) is 14.4. The molecule has 0 saturated carbocycles. The number of esters is 1. The molecule has 1 atom stereocenters. The number of ether oxygens (including phenoxy) is 1. The van der Waals surface area contributed by atoms with E-state index in [-0.39, 0.29) is 11.4 Å². The first-order valence-electron chi connectivity index (χ1n) is 9.08. The van der Waals surface area contributed by atoms with E-state index in [1.165, 1.54) is 46.9 Å². The van der Waals surface area contributed by atoms with Gasteiger partial charge in [-0.1, -0.05) is 17.8 Å². The van der Waals surface area contributed by atoms with Crippen molar-refractivity contribution < 1.29 is 13.9 Å². The van der Waals surface area contributed by atoms with Crippen LogP contribution in [-0.2, 0) is 9.53 Å². The average Bonchev–Trinajstić information content (AvgIpc) is 3.23. The molecule has 0 saturated heterocycles. The van der Waals surface area contributed by atoms with Crippen molar-refractivity contribution in [3.63, 3.8) is 0 Å². The van der Waals surface area contributed by atoms with Gasteiger partial charge in [-0.05, 0) is 43.3 Å². The largest absolute Gasteiger partial charge is 0.467 e. The van der Waals surface area contributed by atoms with Gasteiger partial charge in [0.25, 0.3) is 5.56 Å². The summed E-state index contributed by atoms with van der Waals surface area (Å²) in [6.07, 6.45) is 3.43. The fourth-order valence-corrected chi connectivity index (χ4v) is 5.69. The van der Waals surface area contributed by atoms with Gasteiger partial charge in [0.2, 0.25) is 0 Å². The molecule has 0 unspecified atom stereocenters. The fourth-order valence-electron chi connectivity index (χ4n) is 3.20. The highest BCUT2D eigenvalue weighted by Gasteiger charge is 2.27. The van der Waals surface area contributed by atoms with Crippen LogP contribution in [-0.4, -0.2) is 29.7 Å². The zero-order valence-electron chi connectivity index (χ0n) is 16.5. The second kappa shape index (κ2) is 8.08. The normalized spacial score (nSPS) is 16.5. The third-order valence-electron chi connectivity index (χ3n) is 4.73. The molecule has 6 nitrogen and oxygen atoms in total. The van der Waals surface area contributed by atoms with Crippen molar-refractivity contribution in [3.05, 3.63) is 73.7 Å². The van der Waals surface area contributed by atoms with Crippen LogP contribution < -0.4 is 19.7 Å². The standard InChI is InChI=1S/C21H18FN3O3S2/c1-12(21(27)28-3)25-17(11-14-6-4-5-9-23-14)30-18(19(25)26)20-24(2)15-8-7-13(22)10-16(15)29-20/h4-12H,1-3H3/b17-11-,20-18+/t12-/m1/s1. The summed E-state index contributed by atoms with van der Waals surface area (Å²) in [5.41, 5.74) is 1.19. The predicted molar refractivity (Wildman–Crippen MR) is 116 cm³/mol. The fraction of sp³-hybridized carbons (Fsp3) is 0.190. The number of pyridine rings is 1. The van der Waals surface area contributed by atoms with Crippen LogP contribution in [0.4, 0.5) is 10.1 Å². The summed E-state index contributed by atoms with van der Waals surface area (Å²) in [7, 11) is 3.13. The quantitative estimate of drug-likeness (QED) is 0.579. The third-order valence-corrected chi connectivity index (χ3v) is 7.18. The number of nitrogens with zero attached hydrogens (tertiary/aromatic N) is 3. The molecule has 154 valence electrons. The van der Waals surface area contributed by atoms with Crippen LogP contribution in [0.25, 0.3) is 11.1 Å². The van der Waals surface area contributed by atoms with Crippen LogP contribution in [0, 0.1) is 5.82 Å². The highest BCUT2D eigenvalue weighted by molar-refractivity contribution is 8.08. The van der Waals surface area contributed by atoms with Crippen molar-refractivity contribution in [1.82, 2.24) is 9.55 Å². The van der Waals surface area contributed by atoms with Crippen LogP contribution in [0.5, 0.6) is 0 Å². The molecule has 1 aliphatic rings. The van der Waals surface area contributed by atoms with Gasteiger partial charge in [-0.3, -0.25) is 14.3 Å². The summed E-state index contributed by atoms with van der Waals surface area (Å²) in [6, 6.07) is 9.20. The van der Waals surface area contributed by atoms with Crippen molar-refractivity contribution in [2.24, 2.45) is 0 Å². The Balaban J connectivity index is 1.97. The molecule has 1 aliphatic heterocycles. The highest BCUT2D eigenvalue weighted by atomic mass is 32.2. The number of thiazole rings is 1. The van der Waals surface area contributed by atoms with Crippen molar-refractivity contribution in [3.8, 4) is 0 Å². The molecule has 0 N–H and O–H groups in total. The molecule has 0 spiro atoms. The Morgan fingerprint density at radius 3 is 2.80 bits per heavy atom. The van der Waals surface area contributed by atoms with E-state index in [1.54, 1.807) is 31.3 Å². The summed E-state index contributed by atoms with van der Waals surface area (Å²) in [4.78, 5) is 32.5. The third kappa shape index (κ3) is 3.54. The Morgan fingerprint density at radius 1 is 1.30 bits per heavy atom. The molecule has 0 radical (unpaired) electrons. The van der Waals surface area contributed by atoms with Crippen LogP contribution in [0.1, 0.15) is 18.7 Å². The molecule has 2 aromatic heterocycles. The molecular weight excluding hydrogens is 425 g/mol. The topological polar surface area (TPSA) is 64.4 Å². The summed E-state index contributed by atoms with van der Waals surface area (Å²) in [5.74, 6) is -0.845. The average molecular weight is 444 g/mol. The lowest BCUT2D eigenvalue weighted by atomic mass is 10.3. The number of carbonyl (C=O) groups excluding carboxylic acids is 1. The van der Waals surface area contributed by atoms with Crippen LogP contribution in [0.15, 0.2) is 52.3 Å². The number of hydrogen-bond donors (Lipinski definition) is 0. The van der Waals surface area contributed by atoms with E-state index in [4.69, 9.17) is 4.74 Å². The number of fused-ring (bicyclic) bond motifs is 1.